The van der Waals surface area contributed by atoms with Gasteiger partial charge in [0.15, 0.2) is 0 Å². The number of nitrogens with one attached hydrogen (secondary N) is 1. The topological polar surface area (TPSA) is 12.0 Å². The molecule has 0 unspecified atom stereocenters. The number of rotatable bonds is 4. The van der Waals surface area contributed by atoms with E-state index in [4.69, 9.17) is 0 Å². The van der Waals surface area contributed by atoms with Crippen LogP contribution in [0.15, 0.2) is 46.9 Å². The normalized spacial score (nSPS) is 11.5. The van der Waals surface area contributed by atoms with Crippen LogP contribution in [0.25, 0.3) is 0 Å². The third kappa shape index (κ3) is 4.24. The maximum Gasteiger partial charge on any atom is 0.416 e. The molecule has 2 aromatic carbocycles. The molecule has 0 amide bonds. The van der Waals surface area contributed by atoms with E-state index >= 15 is 0 Å². The van der Waals surface area contributed by atoms with Crippen LogP contribution >= 0.6 is 15.9 Å². The summed E-state index contributed by atoms with van der Waals surface area (Å²) < 4.78 is 38.5. The van der Waals surface area contributed by atoms with E-state index in [9.17, 15) is 13.2 Å². The van der Waals surface area contributed by atoms with Gasteiger partial charge in [-0.05, 0) is 47.9 Å². The summed E-state index contributed by atoms with van der Waals surface area (Å²) in [7, 11) is 0. The summed E-state index contributed by atoms with van der Waals surface area (Å²) in [6.45, 7) is 2.55. The molecular formula is C16H15BrF3N. The van der Waals surface area contributed by atoms with Gasteiger partial charge in [0.05, 0.1) is 5.56 Å². The van der Waals surface area contributed by atoms with E-state index in [0.717, 1.165) is 39.8 Å². The SMILES string of the molecule is CCc1cc(Br)ccc1NCc1ccc(C(F)(F)F)cc1. The molecule has 0 spiro atoms. The highest BCUT2D eigenvalue weighted by molar-refractivity contribution is 9.10. The molecule has 0 aromatic heterocycles. The lowest BCUT2D eigenvalue weighted by Gasteiger charge is -2.12. The Morgan fingerprint density at radius 2 is 1.71 bits per heavy atom. The minimum Gasteiger partial charge on any atom is -0.381 e. The van der Waals surface area contributed by atoms with Gasteiger partial charge in [-0.15, -0.1) is 0 Å². The average Bonchev–Trinajstić information content (AvgIpc) is 2.45. The number of aryl methyl sites for hydroxylation is 1. The first-order chi connectivity index (χ1) is 9.90. The van der Waals surface area contributed by atoms with Crippen LogP contribution in [-0.2, 0) is 19.1 Å². The summed E-state index contributed by atoms with van der Waals surface area (Å²) in [6.07, 6.45) is -3.40. The zero-order chi connectivity index (χ0) is 15.5. The predicted molar refractivity (Wildman–Crippen MR) is 82.3 cm³/mol. The van der Waals surface area contributed by atoms with E-state index in [-0.39, 0.29) is 0 Å². The van der Waals surface area contributed by atoms with Crippen molar-refractivity contribution in [2.45, 2.75) is 26.1 Å². The molecule has 2 rings (SSSR count). The van der Waals surface area contributed by atoms with E-state index < -0.39 is 11.7 Å². The van der Waals surface area contributed by atoms with E-state index in [1.165, 1.54) is 12.1 Å². The monoisotopic (exact) mass is 357 g/mol. The molecule has 0 bridgehead atoms. The molecule has 112 valence electrons. The van der Waals surface area contributed by atoms with Crippen molar-refractivity contribution >= 4 is 21.6 Å². The molecule has 0 saturated heterocycles. The molecule has 1 N–H and O–H groups in total. The molecule has 21 heavy (non-hydrogen) atoms. The Labute approximate surface area is 130 Å². The molecule has 0 aliphatic rings. The van der Waals surface area contributed by atoms with Gasteiger partial charge in [-0.25, -0.2) is 0 Å². The lowest BCUT2D eigenvalue weighted by molar-refractivity contribution is -0.137. The first-order valence-corrected chi connectivity index (χ1v) is 7.38. The minimum atomic E-state index is -4.28. The summed E-state index contributed by atoms with van der Waals surface area (Å²) in [6, 6.07) is 11.2. The maximum absolute atomic E-state index is 12.5. The number of anilines is 1. The van der Waals surface area contributed by atoms with Crippen LogP contribution in [0, 0.1) is 0 Å². The minimum absolute atomic E-state index is 0.493. The summed E-state index contributed by atoms with van der Waals surface area (Å²) in [4.78, 5) is 0. The van der Waals surface area contributed by atoms with Crippen molar-refractivity contribution < 1.29 is 13.2 Å². The Hall–Kier alpha value is -1.49. The van der Waals surface area contributed by atoms with Crippen molar-refractivity contribution in [3.05, 3.63) is 63.6 Å². The van der Waals surface area contributed by atoms with Crippen molar-refractivity contribution in [2.75, 3.05) is 5.32 Å². The largest absolute Gasteiger partial charge is 0.416 e. The third-order valence-electron chi connectivity index (χ3n) is 3.21. The van der Waals surface area contributed by atoms with Crippen molar-refractivity contribution in [2.24, 2.45) is 0 Å². The van der Waals surface area contributed by atoms with Gasteiger partial charge in [-0.2, -0.15) is 13.2 Å². The van der Waals surface area contributed by atoms with Gasteiger partial charge >= 0.3 is 6.18 Å². The quantitative estimate of drug-likeness (QED) is 0.746. The summed E-state index contributed by atoms with van der Waals surface area (Å²) >= 11 is 3.43. The summed E-state index contributed by atoms with van der Waals surface area (Å²) in [5.41, 5.74) is 2.36. The van der Waals surface area contributed by atoms with Crippen LogP contribution in [0.3, 0.4) is 0 Å². The molecule has 0 aliphatic heterocycles. The fraction of sp³-hybridized carbons (Fsp3) is 0.250. The van der Waals surface area contributed by atoms with Crippen LogP contribution in [0.5, 0.6) is 0 Å². The van der Waals surface area contributed by atoms with Crippen LogP contribution in [0.1, 0.15) is 23.6 Å². The van der Waals surface area contributed by atoms with Crippen LogP contribution in [0.2, 0.25) is 0 Å². The number of hydrogen-bond acceptors (Lipinski definition) is 1. The fourth-order valence-electron chi connectivity index (χ4n) is 2.04. The van der Waals surface area contributed by atoms with Gasteiger partial charge in [0, 0.05) is 16.7 Å². The highest BCUT2D eigenvalue weighted by Gasteiger charge is 2.29. The third-order valence-corrected chi connectivity index (χ3v) is 3.71. The molecule has 0 saturated carbocycles. The van der Waals surface area contributed by atoms with E-state index in [0.29, 0.717) is 6.54 Å². The number of halogens is 4. The van der Waals surface area contributed by atoms with E-state index in [1.807, 2.05) is 18.2 Å². The molecule has 0 heterocycles. The Balaban J connectivity index is 2.07. The van der Waals surface area contributed by atoms with Crippen LogP contribution in [0.4, 0.5) is 18.9 Å². The Morgan fingerprint density at radius 1 is 1.05 bits per heavy atom. The zero-order valence-electron chi connectivity index (χ0n) is 11.5. The lowest BCUT2D eigenvalue weighted by atomic mass is 10.1. The second-order valence-electron chi connectivity index (χ2n) is 4.70. The molecule has 0 atom stereocenters. The van der Waals surface area contributed by atoms with Gasteiger partial charge < -0.3 is 5.32 Å². The predicted octanol–water partition coefficient (Wildman–Crippen LogP) is 5.64. The van der Waals surface area contributed by atoms with E-state index in [1.54, 1.807) is 0 Å². The molecular weight excluding hydrogens is 343 g/mol. The first-order valence-electron chi connectivity index (χ1n) is 6.58. The molecule has 0 fully saturated rings. The second kappa shape index (κ2) is 6.52. The maximum atomic E-state index is 12.5. The highest BCUT2D eigenvalue weighted by atomic mass is 79.9. The van der Waals surface area contributed by atoms with Crippen LogP contribution < -0.4 is 5.32 Å². The molecule has 0 aliphatic carbocycles. The smallest absolute Gasteiger partial charge is 0.381 e. The van der Waals surface area contributed by atoms with Crippen molar-refractivity contribution in [1.29, 1.82) is 0 Å². The fourth-order valence-corrected chi connectivity index (χ4v) is 2.44. The number of benzene rings is 2. The van der Waals surface area contributed by atoms with Crippen molar-refractivity contribution in [3.8, 4) is 0 Å². The van der Waals surface area contributed by atoms with Crippen LogP contribution in [-0.4, -0.2) is 0 Å². The van der Waals surface area contributed by atoms with Gasteiger partial charge in [0.1, 0.15) is 0 Å². The Morgan fingerprint density at radius 3 is 2.29 bits per heavy atom. The number of alkyl halides is 3. The van der Waals surface area contributed by atoms with E-state index in [2.05, 4.69) is 28.2 Å². The first kappa shape index (κ1) is 15.9. The zero-order valence-corrected chi connectivity index (χ0v) is 13.1. The van der Waals surface area contributed by atoms with Gasteiger partial charge in [-0.1, -0.05) is 35.0 Å². The standard InChI is InChI=1S/C16H15BrF3N/c1-2-12-9-14(17)7-8-15(12)21-10-11-3-5-13(6-4-11)16(18,19)20/h3-9,21H,2,10H2,1H3. The molecule has 1 nitrogen and oxygen atoms in total. The second-order valence-corrected chi connectivity index (χ2v) is 5.62. The summed E-state index contributed by atoms with van der Waals surface area (Å²) in [5.74, 6) is 0. The van der Waals surface area contributed by atoms with Crippen molar-refractivity contribution in [1.82, 2.24) is 0 Å². The molecule has 2 aromatic rings. The van der Waals surface area contributed by atoms with Gasteiger partial charge in [0.25, 0.3) is 0 Å². The molecule has 0 radical (unpaired) electrons. The van der Waals surface area contributed by atoms with Gasteiger partial charge in [0.2, 0.25) is 0 Å². The lowest BCUT2D eigenvalue weighted by Crippen LogP contribution is -2.06. The Kier molecular flexibility index (Phi) is 4.93. The average molecular weight is 358 g/mol. The highest BCUT2D eigenvalue weighted by Crippen LogP contribution is 2.29. The number of hydrogen-bond donors (Lipinski definition) is 1. The Bertz CT molecular complexity index is 606. The molecule has 5 heteroatoms. The van der Waals surface area contributed by atoms with Gasteiger partial charge in [-0.3, -0.25) is 0 Å². The summed E-state index contributed by atoms with van der Waals surface area (Å²) in [5, 5.41) is 3.26. The van der Waals surface area contributed by atoms with Crippen molar-refractivity contribution in [3.63, 3.8) is 0 Å².